The Morgan fingerprint density at radius 2 is 1.86 bits per heavy atom. The molecule has 184 valence electrons. The summed E-state index contributed by atoms with van der Waals surface area (Å²) >= 11 is 0. The molecule has 3 amide bonds. The summed E-state index contributed by atoms with van der Waals surface area (Å²) < 4.78 is 10.4. The Morgan fingerprint density at radius 1 is 1.14 bits per heavy atom. The molecule has 2 atom stereocenters. The van der Waals surface area contributed by atoms with Crippen molar-refractivity contribution >= 4 is 24.0 Å². The van der Waals surface area contributed by atoms with E-state index in [0.717, 1.165) is 17.7 Å². The van der Waals surface area contributed by atoms with Crippen molar-refractivity contribution in [3.8, 4) is 11.8 Å². The fraction of sp³-hybridized carbons (Fsp3) is 0.360. The number of benzene rings is 1. The Labute approximate surface area is 202 Å². The van der Waals surface area contributed by atoms with Crippen LogP contribution in [0.2, 0.25) is 0 Å². The number of amides is 3. The molecule has 2 N–H and O–H groups in total. The lowest BCUT2D eigenvalue weighted by Crippen LogP contribution is -2.65. The van der Waals surface area contributed by atoms with Gasteiger partial charge in [-0.15, -0.1) is 0 Å². The molecule has 2 heterocycles. The Bertz CT molecular complexity index is 1140. The number of hydrogen-bond acceptors (Lipinski definition) is 7. The van der Waals surface area contributed by atoms with E-state index in [-0.39, 0.29) is 11.3 Å². The summed E-state index contributed by atoms with van der Waals surface area (Å²) in [6.07, 6.45) is 3.77. The summed E-state index contributed by atoms with van der Waals surface area (Å²) in [6.45, 7) is 1.86. The molecule has 35 heavy (non-hydrogen) atoms. The summed E-state index contributed by atoms with van der Waals surface area (Å²) in [7, 11) is 2.74. The molecule has 0 spiro atoms. The quantitative estimate of drug-likeness (QED) is 0.266. The van der Waals surface area contributed by atoms with Gasteiger partial charge in [0.15, 0.2) is 23.9 Å². The number of carbonyl (C=O) groups is 4. The van der Waals surface area contributed by atoms with Gasteiger partial charge in [-0.25, -0.2) is 10.3 Å². The highest BCUT2D eigenvalue weighted by molar-refractivity contribution is 6.12. The molecule has 0 radical (unpaired) electrons. The van der Waals surface area contributed by atoms with Crippen molar-refractivity contribution in [1.29, 1.82) is 0 Å². The maximum atomic E-state index is 13.2. The Morgan fingerprint density at radius 3 is 2.46 bits per heavy atom. The van der Waals surface area contributed by atoms with Gasteiger partial charge in [0.1, 0.15) is 6.26 Å². The van der Waals surface area contributed by atoms with E-state index in [1.807, 2.05) is 0 Å². The predicted octanol–water partition coefficient (Wildman–Crippen LogP) is 1.64. The normalized spacial score (nSPS) is 16.7. The minimum atomic E-state index is -1.89. The van der Waals surface area contributed by atoms with Crippen molar-refractivity contribution in [2.75, 3.05) is 20.7 Å². The van der Waals surface area contributed by atoms with Crippen LogP contribution in [0, 0.1) is 11.8 Å². The third kappa shape index (κ3) is 5.95. The molecule has 3 rings (SSSR count). The van der Waals surface area contributed by atoms with E-state index in [9.17, 15) is 19.2 Å². The van der Waals surface area contributed by atoms with Crippen LogP contribution in [0.15, 0.2) is 41.0 Å². The molecule has 1 fully saturated rings. The number of nitrogens with zero attached hydrogens (tertiary/aromatic N) is 1. The Balaban J connectivity index is 1.73. The van der Waals surface area contributed by atoms with Gasteiger partial charge in [0.2, 0.25) is 0 Å². The lowest BCUT2D eigenvalue weighted by Gasteiger charge is -2.36. The summed E-state index contributed by atoms with van der Waals surface area (Å²) in [5, 5.41) is 2.43. The van der Waals surface area contributed by atoms with Gasteiger partial charge in [0, 0.05) is 44.3 Å². The van der Waals surface area contributed by atoms with Crippen LogP contribution < -0.4 is 10.8 Å². The van der Waals surface area contributed by atoms with E-state index in [0.29, 0.717) is 30.4 Å². The van der Waals surface area contributed by atoms with Crippen molar-refractivity contribution in [3.05, 3.63) is 59.0 Å². The Kier molecular flexibility index (Phi) is 8.41. The molecule has 0 aliphatic carbocycles. The fourth-order valence-corrected chi connectivity index (χ4v) is 3.39. The summed E-state index contributed by atoms with van der Waals surface area (Å²) in [6, 6.07) is 7.88. The van der Waals surface area contributed by atoms with Gasteiger partial charge in [0.25, 0.3) is 17.7 Å². The van der Waals surface area contributed by atoms with Crippen LogP contribution in [0.1, 0.15) is 58.2 Å². The average molecular weight is 482 g/mol. The summed E-state index contributed by atoms with van der Waals surface area (Å²) in [5.41, 5.74) is 1.80. The van der Waals surface area contributed by atoms with Gasteiger partial charge < -0.3 is 19.4 Å². The molecule has 1 aliphatic heterocycles. The monoisotopic (exact) mass is 481 g/mol. The zero-order valence-corrected chi connectivity index (χ0v) is 19.8. The molecule has 1 aliphatic rings. The first-order chi connectivity index (χ1) is 16.8. The lowest BCUT2D eigenvalue weighted by atomic mass is 9.96. The minimum absolute atomic E-state index is 0.179. The minimum Gasteiger partial charge on any atom is -0.460 e. The number of rotatable bonds is 7. The molecule has 10 nitrogen and oxygen atoms in total. The number of likely N-dealkylation sites (N-methyl/N-ethyl adjacent to an activating group) is 2. The van der Waals surface area contributed by atoms with Crippen LogP contribution in [0.25, 0.3) is 0 Å². The maximum absolute atomic E-state index is 13.2. The molecule has 0 saturated carbocycles. The smallest absolute Gasteiger partial charge is 0.279 e. The lowest BCUT2D eigenvalue weighted by molar-refractivity contribution is -0.204. The van der Waals surface area contributed by atoms with Crippen LogP contribution in [0.3, 0.4) is 0 Å². The van der Waals surface area contributed by atoms with Crippen molar-refractivity contribution < 1.29 is 33.2 Å². The first-order valence-corrected chi connectivity index (χ1v) is 11.0. The van der Waals surface area contributed by atoms with Crippen LogP contribution >= 0.6 is 0 Å². The number of aldehydes is 1. The molecular formula is C25H27N3O7. The van der Waals surface area contributed by atoms with E-state index in [1.54, 1.807) is 24.3 Å². The van der Waals surface area contributed by atoms with Crippen molar-refractivity contribution in [2.24, 2.45) is 0 Å². The van der Waals surface area contributed by atoms with Gasteiger partial charge in [-0.1, -0.05) is 11.8 Å². The zero-order chi connectivity index (χ0) is 25.4. The van der Waals surface area contributed by atoms with Crippen molar-refractivity contribution in [3.63, 3.8) is 0 Å². The number of carbonyl (C=O) groups excluding carboxylic acids is 4. The molecule has 0 bridgehead atoms. The van der Waals surface area contributed by atoms with E-state index < -0.39 is 29.6 Å². The highest BCUT2D eigenvalue weighted by Crippen LogP contribution is 2.19. The number of hydrogen-bond donors (Lipinski definition) is 2. The third-order valence-electron chi connectivity index (χ3n) is 5.73. The molecule has 10 heteroatoms. The van der Waals surface area contributed by atoms with Crippen LogP contribution in [-0.4, -0.2) is 61.4 Å². The molecule has 2 aromatic rings. The van der Waals surface area contributed by atoms with Crippen LogP contribution in [0.5, 0.6) is 0 Å². The van der Waals surface area contributed by atoms with Gasteiger partial charge in [0.05, 0.1) is 5.56 Å². The SMILES string of the molecule is CNC(=O)[C@@](C)(C(=O)NOC1CCCCO1)N(C)C(=O)c1ccc(C#Cc2coc(C=O)c2)cc1. The van der Waals surface area contributed by atoms with Crippen LogP contribution in [0.4, 0.5) is 0 Å². The standard InChI is InChI=1S/C25H27N3O7/c1-25(23(31)26-2,24(32)27-35-21-6-4-5-13-33-21)28(3)22(30)19-11-9-17(10-12-19)7-8-18-14-20(15-29)34-16-18/h9-12,14-16,21H,4-6,13H2,1-3H3,(H,26,31)(H,27,32)/t21?,25-/m0/s1. The maximum Gasteiger partial charge on any atom is 0.279 e. The first-order valence-electron chi connectivity index (χ1n) is 11.0. The Hall–Kier alpha value is -3.94. The summed E-state index contributed by atoms with van der Waals surface area (Å²) in [5.74, 6) is 3.91. The topological polar surface area (TPSA) is 127 Å². The average Bonchev–Trinajstić information content (AvgIpc) is 3.37. The van der Waals surface area contributed by atoms with Gasteiger partial charge in [-0.3, -0.25) is 19.2 Å². The number of nitrogens with one attached hydrogen (secondary N) is 2. The third-order valence-corrected chi connectivity index (χ3v) is 5.73. The fourth-order valence-electron chi connectivity index (χ4n) is 3.39. The van der Waals surface area contributed by atoms with E-state index in [1.165, 1.54) is 33.3 Å². The second kappa shape index (κ2) is 11.5. The molecule has 1 aromatic carbocycles. The largest absolute Gasteiger partial charge is 0.460 e. The number of furan rings is 1. The van der Waals surface area contributed by atoms with Crippen molar-refractivity contribution in [2.45, 2.75) is 38.0 Å². The van der Waals surface area contributed by atoms with E-state index in [2.05, 4.69) is 22.6 Å². The van der Waals surface area contributed by atoms with Gasteiger partial charge >= 0.3 is 0 Å². The zero-order valence-electron chi connectivity index (χ0n) is 19.8. The molecule has 1 saturated heterocycles. The van der Waals surface area contributed by atoms with Crippen molar-refractivity contribution in [1.82, 2.24) is 15.7 Å². The second-order valence-electron chi connectivity index (χ2n) is 8.04. The first kappa shape index (κ1) is 25.7. The predicted molar refractivity (Wildman–Crippen MR) is 124 cm³/mol. The molecule has 1 unspecified atom stereocenters. The number of ether oxygens (including phenoxy) is 1. The number of hydroxylamine groups is 1. The summed E-state index contributed by atoms with van der Waals surface area (Å²) in [4.78, 5) is 55.9. The highest BCUT2D eigenvalue weighted by atomic mass is 16.8. The highest BCUT2D eigenvalue weighted by Gasteiger charge is 2.47. The van der Waals surface area contributed by atoms with E-state index >= 15 is 0 Å². The molecular weight excluding hydrogens is 454 g/mol. The van der Waals surface area contributed by atoms with Crippen LogP contribution in [-0.2, 0) is 19.2 Å². The van der Waals surface area contributed by atoms with Gasteiger partial charge in [-0.05, 0) is 44.0 Å². The van der Waals surface area contributed by atoms with Gasteiger partial charge in [-0.2, -0.15) is 0 Å². The van der Waals surface area contributed by atoms with E-state index in [4.69, 9.17) is 14.0 Å². The second-order valence-corrected chi connectivity index (χ2v) is 8.04. The molecule has 1 aromatic heterocycles.